The first-order valence-electron chi connectivity index (χ1n) is 5.99. The summed E-state index contributed by atoms with van der Waals surface area (Å²) < 4.78 is 0. The lowest BCUT2D eigenvalue weighted by atomic mass is 9.91. The first-order valence-corrected chi connectivity index (χ1v) is 5.99. The van der Waals surface area contributed by atoms with E-state index in [0.717, 1.165) is 18.5 Å². The molecule has 1 N–H and O–H groups in total. The van der Waals surface area contributed by atoms with Crippen LogP contribution in [-0.2, 0) is 11.2 Å². The molecule has 94 valence electrons. The highest BCUT2D eigenvalue weighted by molar-refractivity contribution is 5.78. The quantitative estimate of drug-likeness (QED) is 0.823. The van der Waals surface area contributed by atoms with E-state index in [2.05, 4.69) is 6.92 Å². The lowest BCUT2D eigenvalue weighted by Gasteiger charge is -2.35. The van der Waals surface area contributed by atoms with Crippen LogP contribution in [0.25, 0.3) is 0 Å². The molecule has 0 aliphatic carbocycles. The van der Waals surface area contributed by atoms with E-state index in [1.807, 2.05) is 42.3 Å². The van der Waals surface area contributed by atoms with Crippen LogP contribution in [0.1, 0.15) is 25.8 Å². The summed E-state index contributed by atoms with van der Waals surface area (Å²) >= 11 is 0. The minimum Gasteiger partial charge on any atom is -0.480 e. The van der Waals surface area contributed by atoms with E-state index in [4.69, 9.17) is 0 Å². The van der Waals surface area contributed by atoms with E-state index in [-0.39, 0.29) is 0 Å². The van der Waals surface area contributed by atoms with Gasteiger partial charge < -0.3 is 5.11 Å². The first-order chi connectivity index (χ1) is 8.00. The fourth-order valence-electron chi connectivity index (χ4n) is 1.95. The second-order valence-corrected chi connectivity index (χ2v) is 4.66. The Morgan fingerprint density at radius 2 is 1.94 bits per heavy atom. The van der Waals surface area contributed by atoms with Gasteiger partial charge in [0.25, 0.3) is 0 Å². The normalized spacial score (nSPS) is 14.6. The third-order valence-electron chi connectivity index (χ3n) is 3.25. The average molecular weight is 235 g/mol. The third kappa shape index (κ3) is 3.30. The maximum absolute atomic E-state index is 11.5. The van der Waals surface area contributed by atoms with E-state index in [0.29, 0.717) is 6.42 Å². The summed E-state index contributed by atoms with van der Waals surface area (Å²) in [5.74, 6) is -0.766. The van der Waals surface area contributed by atoms with Crippen LogP contribution >= 0.6 is 0 Å². The van der Waals surface area contributed by atoms with Crippen molar-refractivity contribution in [3.05, 3.63) is 35.9 Å². The number of carboxylic acids is 1. The van der Waals surface area contributed by atoms with Gasteiger partial charge in [0.15, 0.2) is 0 Å². The van der Waals surface area contributed by atoms with Crippen LogP contribution in [0, 0.1) is 0 Å². The number of hydrogen-bond acceptors (Lipinski definition) is 2. The van der Waals surface area contributed by atoms with Gasteiger partial charge in [0.05, 0.1) is 0 Å². The van der Waals surface area contributed by atoms with Crippen molar-refractivity contribution in [1.29, 1.82) is 0 Å². The zero-order valence-electron chi connectivity index (χ0n) is 10.8. The van der Waals surface area contributed by atoms with Crippen LogP contribution in [0.5, 0.6) is 0 Å². The molecule has 3 heteroatoms. The van der Waals surface area contributed by atoms with Crippen LogP contribution in [-0.4, -0.2) is 35.1 Å². The Morgan fingerprint density at radius 1 is 1.35 bits per heavy atom. The van der Waals surface area contributed by atoms with Crippen LogP contribution < -0.4 is 0 Å². The molecule has 17 heavy (non-hydrogen) atoms. The van der Waals surface area contributed by atoms with Crippen molar-refractivity contribution in [1.82, 2.24) is 4.90 Å². The Bertz CT molecular complexity index is 364. The van der Waals surface area contributed by atoms with Gasteiger partial charge >= 0.3 is 5.97 Å². The maximum Gasteiger partial charge on any atom is 0.324 e. The van der Waals surface area contributed by atoms with Crippen molar-refractivity contribution in [2.45, 2.75) is 32.2 Å². The highest BCUT2D eigenvalue weighted by Gasteiger charge is 2.37. The minimum atomic E-state index is -0.836. The number of likely N-dealkylation sites (N-methyl/N-ethyl adjacent to an activating group) is 1. The van der Waals surface area contributed by atoms with Gasteiger partial charge in [0, 0.05) is 6.42 Å². The van der Waals surface area contributed by atoms with Gasteiger partial charge in [-0.3, -0.25) is 9.69 Å². The third-order valence-corrected chi connectivity index (χ3v) is 3.25. The maximum atomic E-state index is 11.5. The molecule has 0 aromatic heterocycles. The summed E-state index contributed by atoms with van der Waals surface area (Å²) in [6.07, 6.45) is 1.48. The number of carbonyl (C=O) groups is 1. The molecule has 0 aliphatic rings. The van der Waals surface area contributed by atoms with Crippen molar-refractivity contribution in [3.63, 3.8) is 0 Å². The Morgan fingerprint density at radius 3 is 2.41 bits per heavy atom. The molecule has 0 fully saturated rings. The van der Waals surface area contributed by atoms with Gasteiger partial charge in [-0.05, 0) is 32.5 Å². The molecular formula is C14H21NO2. The van der Waals surface area contributed by atoms with Gasteiger partial charge in [-0.25, -0.2) is 0 Å². The van der Waals surface area contributed by atoms with Crippen molar-refractivity contribution in [2.24, 2.45) is 0 Å². The zero-order valence-corrected chi connectivity index (χ0v) is 10.8. The van der Waals surface area contributed by atoms with E-state index >= 15 is 0 Å². The molecule has 1 aromatic rings. The fourth-order valence-corrected chi connectivity index (χ4v) is 1.95. The Balaban J connectivity index is 2.89. The van der Waals surface area contributed by atoms with Crippen LogP contribution in [0.2, 0.25) is 0 Å². The van der Waals surface area contributed by atoms with Gasteiger partial charge in [-0.15, -0.1) is 0 Å². The van der Waals surface area contributed by atoms with E-state index in [1.165, 1.54) is 0 Å². The van der Waals surface area contributed by atoms with Crippen molar-refractivity contribution >= 4 is 5.97 Å². The molecule has 0 heterocycles. The largest absolute Gasteiger partial charge is 0.480 e. The van der Waals surface area contributed by atoms with E-state index in [9.17, 15) is 9.90 Å². The summed E-state index contributed by atoms with van der Waals surface area (Å²) in [5, 5.41) is 9.45. The van der Waals surface area contributed by atoms with Crippen molar-refractivity contribution < 1.29 is 9.90 Å². The predicted molar refractivity (Wildman–Crippen MR) is 69.1 cm³/mol. The number of nitrogens with zero attached hydrogens (tertiary/aromatic N) is 1. The molecule has 1 rings (SSSR count). The average Bonchev–Trinajstić information content (AvgIpc) is 2.30. The summed E-state index contributed by atoms with van der Waals surface area (Å²) in [4.78, 5) is 13.4. The van der Waals surface area contributed by atoms with E-state index < -0.39 is 11.5 Å². The minimum absolute atomic E-state index is 0.527. The molecule has 0 radical (unpaired) electrons. The van der Waals surface area contributed by atoms with Gasteiger partial charge in [-0.2, -0.15) is 0 Å². The summed E-state index contributed by atoms with van der Waals surface area (Å²) in [7, 11) is 1.88. The molecule has 0 saturated carbocycles. The molecule has 1 atom stereocenters. The van der Waals surface area contributed by atoms with Crippen LogP contribution in [0.15, 0.2) is 30.3 Å². The van der Waals surface area contributed by atoms with Crippen LogP contribution in [0.3, 0.4) is 0 Å². The molecule has 0 saturated heterocycles. The fraction of sp³-hybridized carbons (Fsp3) is 0.500. The molecule has 0 aliphatic heterocycles. The molecule has 3 nitrogen and oxygen atoms in total. The first kappa shape index (κ1) is 13.7. The summed E-state index contributed by atoms with van der Waals surface area (Å²) in [6, 6.07) is 9.77. The van der Waals surface area contributed by atoms with Crippen molar-refractivity contribution in [3.8, 4) is 0 Å². The van der Waals surface area contributed by atoms with Gasteiger partial charge in [-0.1, -0.05) is 37.3 Å². The standard InChI is InChI=1S/C14H21NO2/c1-4-10-15(3)14(2,13(16)17)11-12-8-6-5-7-9-12/h5-9H,4,10-11H2,1-3H3,(H,16,17). The number of hydrogen-bond donors (Lipinski definition) is 1. The second-order valence-electron chi connectivity index (χ2n) is 4.66. The molecule has 1 unspecified atom stereocenters. The molecule has 0 spiro atoms. The molecular weight excluding hydrogens is 214 g/mol. The Hall–Kier alpha value is -1.35. The number of benzene rings is 1. The zero-order chi connectivity index (χ0) is 12.9. The number of aliphatic carboxylic acids is 1. The second kappa shape index (κ2) is 5.82. The topological polar surface area (TPSA) is 40.5 Å². The van der Waals surface area contributed by atoms with Gasteiger partial charge in [0.1, 0.15) is 5.54 Å². The predicted octanol–water partition coefficient (Wildman–Crippen LogP) is 2.41. The monoisotopic (exact) mass is 235 g/mol. The van der Waals surface area contributed by atoms with Crippen molar-refractivity contribution in [2.75, 3.05) is 13.6 Å². The van der Waals surface area contributed by atoms with Gasteiger partial charge in [0.2, 0.25) is 0 Å². The highest BCUT2D eigenvalue weighted by atomic mass is 16.4. The number of carboxylic acid groups (broad SMARTS) is 1. The van der Waals surface area contributed by atoms with E-state index in [1.54, 1.807) is 6.92 Å². The Labute approximate surface area is 103 Å². The lowest BCUT2D eigenvalue weighted by Crippen LogP contribution is -2.52. The smallest absolute Gasteiger partial charge is 0.324 e. The summed E-state index contributed by atoms with van der Waals surface area (Å²) in [5.41, 5.74) is 0.220. The SMILES string of the molecule is CCCN(C)C(C)(Cc1ccccc1)C(=O)O. The highest BCUT2D eigenvalue weighted by Crippen LogP contribution is 2.20. The molecule has 1 aromatic carbocycles. The Kier molecular flexibility index (Phi) is 4.70. The molecule has 0 amide bonds. The summed E-state index contributed by atoms with van der Waals surface area (Å²) in [6.45, 7) is 4.63. The number of rotatable bonds is 6. The molecule has 0 bridgehead atoms. The van der Waals surface area contributed by atoms with Crippen LogP contribution in [0.4, 0.5) is 0 Å². The lowest BCUT2D eigenvalue weighted by molar-refractivity contribution is -0.149.